The van der Waals surface area contributed by atoms with E-state index in [0.717, 1.165) is 10.2 Å². The van der Waals surface area contributed by atoms with Crippen LogP contribution in [0.2, 0.25) is 0 Å². The number of hydrogen-bond donors (Lipinski definition) is 1. The van der Waals surface area contributed by atoms with E-state index in [-0.39, 0.29) is 23.9 Å². The first-order valence-electron chi connectivity index (χ1n) is 7.39. The zero-order valence-electron chi connectivity index (χ0n) is 12.7. The first-order valence-corrected chi connectivity index (χ1v) is 8.18. The highest BCUT2D eigenvalue weighted by molar-refractivity contribution is 9.10. The normalized spacial score (nSPS) is 20.7. The minimum atomic E-state index is -0.414. The zero-order valence-corrected chi connectivity index (χ0v) is 14.3. The van der Waals surface area contributed by atoms with Gasteiger partial charge in [0.25, 0.3) is 0 Å². The third-order valence-electron chi connectivity index (χ3n) is 3.54. The molecular formula is C17H20BrNO3. The Morgan fingerprint density at radius 3 is 2.32 bits per heavy atom. The molecule has 1 amide bonds. The topological polar surface area (TPSA) is 55.4 Å². The van der Waals surface area contributed by atoms with Crippen LogP contribution in [-0.2, 0) is 14.3 Å². The lowest BCUT2D eigenvalue weighted by Gasteiger charge is -2.26. The Labute approximate surface area is 139 Å². The largest absolute Gasteiger partial charge is 0.463 e. The molecule has 5 heteroatoms. The standard InChI is InChI=1S/C17H20BrNO3/c1-11(2)22-17(21)15-6-4-3-5-14(15)16(20)19-13-9-7-12(18)8-10-13/h3-4,7-11,14-15H,5-6H2,1-2H3,(H,19,20)/t14-,15-/m1/s1. The highest BCUT2D eigenvalue weighted by atomic mass is 79.9. The summed E-state index contributed by atoms with van der Waals surface area (Å²) in [6, 6.07) is 7.37. The molecule has 0 aromatic heterocycles. The number of carbonyl (C=O) groups excluding carboxylic acids is 2. The number of hydrogen-bond acceptors (Lipinski definition) is 3. The van der Waals surface area contributed by atoms with E-state index >= 15 is 0 Å². The Morgan fingerprint density at radius 2 is 1.73 bits per heavy atom. The van der Waals surface area contributed by atoms with E-state index in [1.54, 1.807) is 0 Å². The molecule has 22 heavy (non-hydrogen) atoms. The van der Waals surface area contributed by atoms with Gasteiger partial charge < -0.3 is 10.1 Å². The van der Waals surface area contributed by atoms with Crippen molar-refractivity contribution in [1.29, 1.82) is 0 Å². The van der Waals surface area contributed by atoms with Crippen LogP contribution in [0.15, 0.2) is 40.9 Å². The molecule has 2 rings (SSSR count). The lowest BCUT2D eigenvalue weighted by atomic mass is 9.82. The van der Waals surface area contributed by atoms with Crippen LogP contribution < -0.4 is 5.32 Å². The van der Waals surface area contributed by atoms with Crippen LogP contribution in [0.4, 0.5) is 5.69 Å². The van der Waals surface area contributed by atoms with Crippen LogP contribution >= 0.6 is 15.9 Å². The van der Waals surface area contributed by atoms with Crippen molar-refractivity contribution >= 4 is 33.5 Å². The van der Waals surface area contributed by atoms with E-state index in [1.165, 1.54) is 0 Å². The van der Waals surface area contributed by atoms with Crippen LogP contribution in [0.1, 0.15) is 26.7 Å². The monoisotopic (exact) mass is 365 g/mol. The molecule has 0 radical (unpaired) electrons. The number of halogens is 1. The van der Waals surface area contributed by atoms with Gasteiger partial charge in [-0.15, -0.1) is 0 Å². The summed E-state index contributed by atoms with van der Waals surface area (Å²) in [5.41, 5.74) is 0.721. The van der Waals surface area contributed by atoms with Gasteiger partial charge in [0, 0.05) is 10.2 Å². The summed E-state index contributed by atoms with van der Waals surface area (Å²) >= 11 is 3.36. The Balaban J connectivity index is 2.06. The van der Waals surface area contributed by atoms with Crippen molar-refractivity contribution in [2.75, 3.05) is 5.32 Å². The van der Waals surface area contributed by atoms with E-state index in [1.807, 2.05) is 50.3 Å². The molecular weight excluding hydrogens is 346 g/mol. The summed E-state index contributed by atoms with van der Waals surface area (Å²) in [6.07, 6.45) is 4.82. The minimum Gasteiger partial charge on any atom is -0.463 e. The quantitative estimate of drug-likeness (QED) is 0.649. The number of amides is 1. The Hall–Kier alpha value is -1.62. The highest BCUT2D eigenvalue weighted by Crippen LogP contribution is 2.28. The number of nitrogens with one attached hydrogen (secondary N) is 1. The van der Waals surface area contributed by atoms with E-state index in [0.29, 0.717) is 12.8 Å². The van der Waals surface area contributed by atoms with Crippen LogP contribution in [0, 0.1) is 11.8 Å². The molecule has 0 bridgehead atoms. The van der Waals surface area contributed by atoms with Gasteiger partial charge in [0.05, 0.1) is 17.9 Å². The van der Waals surface area contributed by atoms with E-state index in [2.05, 4.69) is 21.2 Å². The Bertz CT molecular complexity index is 566. The van der Waals surface area contributed by atoms with Crippen LogP contribution in [0.25, 0.3) is 0 Å². The molecule has 0 aliphatic heterocycles. The van der Waals surface area contributed by atoms with Gasteiger partial charge in [0.1, 0.15) is 0 Å². The van der Waals surface area contributed by atoms with Gasteiger partial charge in [-0.2, -0.15) is 0 Å². The smallest absolute Gasteiger partial charge is 0.310 e. The fraction of sp³-hybridized carbons (Fsp3) is 0.412. The summed E-state index contributed by atoms with van der Waals surface area (Å²) in [6.45, 7) is 3.63. The van der Waals surface area contributed by atoms with Gasteiger partial charge in [-0.05, 0) is 51.0 Å². The molecule has 0 fully saturated rings. The van der Waals surface area contributed by atoms with E-state index < -0.39 is 5.92 Å². The van der Waals surface area contributed by atoms with Crippen LogP contribution in [0.3, 0.4) is 0 Å². The highest BCUT2D eigenvalue weighted by Gasteiger charge is 2.35. The number of anilines is 1. The third-order valence-corrected chi connectivity index (χ3v) is 4.06. The molecule has 1 aliphatic carbocycles. The molecule has 1 aliphatic rings. The fourth-order valence-electron chi connectivity index (χ4n) is 2.45. The van der Waals surface area contributed by atoms with Gasteiger partial charge >= 0.3 is 5.97 Å². The number of carbonyl (C=O) groups is 2. The van der Waals surface area contributed by atoms with Gasteiger partial charge in [0.2, 0.25) is 5.91 Å². The molecule has 4 nitrogen and oxygen atoms in total. The molecule has 0 saturated heterocycles. The Kier molecular flexibility index (Phi) is 5.77. The predicted molar refractivity (Wildman–Crippen MR) is 89.4 cm³/mol. The molecule has 0 heterocycles. The molecule has 2 atom stereocenters. The van der Waals surface area contributed by atoms with E-state index in [4.69, 9.17) is 4.74 Å². The van der Waals surface area contributed by atoms with Crippen molar-refractivity contribution in [1.82, 2.24) is 0 Å². The van der Waals surface area contributed by atoms with Crippen molar-refractivity contribution in [3.8, 4) is 0 Å². The second kappa shape index (κ2) is 7.58. The zero-order chi connectivity index (χ0) is 16.1. The van der Waals surface area contributed by atoms with Crippen molar-refractivity contribution in [2.24, 2.45) is 11.8 Å². The number of benzene rings is 1. The number of ether oxygens (including phenoxy) is 1. The van der Waals surface area contributed by atoms with Crippen LogP contribution in [-0.4, -0.2) is 18.0 Å². The Morgan fingerprint density at radius 1 is 1.14 bits per heavy atom. The number of rotatable bonds is 4. The summed E-state index contributed by atoms with van der Waals surface area (Å²) in [4.78, 5) is 24.7. The molecule has 0 saturated carbocycles. The van der Waals surface area contributed by atoms with Crippen molar-refractivity contribution in [2.45, 2.75) is 32.8 Å². The van der Waals surface area contributed by atoms with Gasteiger partial charge in [0.15, 0.2) is 0 Å². The molecule has 118 valence electrons. The summed E-state index contributed by atoms with van der Waals surface area (Å²) in [5, 5.41) is 2.88. The SMILES string of the molecule is CC(C)OC(=O)[C@@H]1CC=CC[C@H]1C(=O)Nc1ccc(Br)cc1. The maximum atomic E-state index is 12.5. The summed E-state index contributed by atoms with van der Waals surface area (Å²) < 4.78 is 6.23. The maximum Gasteiger partial charge on any atom is 0.310 e. The molecule has 1 aromatic rings. The lowest BCUT2D eigenvalue weighted by Crippen LogP contribution is -2.36. The molecule has 1 aromatic carbocycles. The van der Waals surface area contributed by atoms with E-state index in [9.17, 15) is 9.59 Å². The lowest BCUT2D eigenvalue weighted by molar-refractivity contribution is -0.156. The third kappa shape index (κ3) is 4.44. The first-order chi connectivity index (χ1) is 10.5. The average molecular weight is 366 g/mol. The first kappa shape index (κ1) is 16.7. The van der Waals surface area contributed by atoms with Crippen molar-refractivity contribution < 1.29 is 14.3 Å². The van der Waals surface area contributed by atoms with Crippen LogP contribution in [0.5, 0.6) is 0 Å². The number of esters is 1. The second-order valence-corrected chi connectivity index (χ2v) is 6.55. The van der Waals surface area contributed by atoms with Crippen molar-refractivity contribution in [3.05, 3.63) is 40.9 Å². The fourth-order valence-corrected chi connectivity index (χ4v) is 2.72. The summed E-state index contributed by atoms with van der Waals surface area (Å²) in [7, 11) is 0. The second-order valence-electron chi connectivity index (χ2n) is 5.64. The molecule has 0 unspecified atom stereocenters. The molecule has 0 spiro atoms. The van der Waals surface area contributed by atoms with Gasteiger partial charge in [-0.25, -0.2) is 0 Å². The predicted octanol–water partition coefficient (Wildman–Crippen LogP) is 3.92. The maximum absolute atomic E-state index is 12.5. The number of allylic oxidation sites excluding steroid dienone is 2. The molecule has 1 N–H and O–H groups in total. The average Bonchev–Trinajstić information content (AvgIpc) is 2.49. The van der Waals surface area contributed by atoms with Crippen molar-refractivity contribution in [3.63, 3.8) is 0 Å². The summed E-state index contributed by atoms with van der Waals surface area (Å²) in [5.74, 6) is -1.24. The van der Waals surface area contributed by atoms with Gasteiger partial charge in [-0.3, -0.25) is 9.59 Å². The minimum absolute atomic E-state index is 0.141. The van der Waals surface area contributed by atoms with Gasteiger partial charge in [-0.1, -0.05) is 28.1 Å².